The number of fused-ring (bicyclic) bond motifs is 2. The summed E-state index contributed by atoms with van der Waals surface area (Å²) in [5, 5.41) is 10.5. The van der Waals surface area contributed by atoms with E-state index in [-0.39, 0.29) is 36.8 Å². The Morgan fingerprint density at radius 2 is 1.59 bits per heavy atom. The molecule has 4 aliphatic heterocycles. The number of nitrogens with zero attached hydrogens (tertiary/aromatic N) is 3. The number of rotatable bonds is 6. The first-order valence-electron chi connectivity index (χ1n) is 14.1. The van der Waals surface area contributed by atoms with Gasteiger partial charge in [-0.3, -0.25) is 14.4 Å². The minimum absolute atomic E-state index is 0.143. The van der Waals surface area contributed by atoms with Gasteiger partial charge in [0.05, 0.1) is 37.7 Å². The Hall–Kier alpha value is -3.95. The number of ether oxygens (including phenoxy) is 2. The van der Waals surface area contributed by atoms with Gasteiger partial charge in [-0.1, -0.05) is 56.4 Å². The third kappa shape index (κ3) is 4.18. The summed E-state index contributed by atoms with van der Waals surface area (Å²) in [4.78, 5) is 48.1. The van der Waals surface area contributed by atoms with Gasteiger partial charge in [0.2, 0.25) is 11.8 Å². The standard InChI is InChI=1S/C32H35N3O6/c1-20(2)24(19-36)35-28-31(39)34(22-12-14-23(40-3)15-13-22)18-8-16-32(28)27(30(35)38)26-25(41-32)11-7-17-33(29(26)37)21-9-5-4-6-10-21/h4-16,20,24-28,36H,17-19H2,1-3H3/t24-,25-,26+,27-,28?,32-/m0/s1. The van der Waals surface area contributed by atoms with Crippen LogP contribution in [0.15, 0.2) is 78.9 Å². The number of aliphatic hydroxyl groups excluding tert-OH is 1. The minimum Gasteiger partial charge on any atom is -0.497 e. The second-order valence-electron chi connectivity index (χ2n) is 11.3. The Kier molecular flexibility index (Phi) is 6.95. The molecule has 1 N–H and O–H groups in total. The van der Waals surface area contributed by atoms with Crippen molar-refractivity contribution in [2.75, 3.05) is 36.6 Å². The Balaban J connectivity index is 1.46. The molecule has 9 heteroatoms. The largest absolute Gasteiger partial charge is 0.497 e. The first-order valence-corrected chi connectivity index (χ1v) is 14.1. The molecule has 4 aliphatic rings. The SMILES string of the molecule is COc1ccc(N2CC=C[C@]34O[C@H]5C=CCN(c6ccccc6)C(=O)[C@H]5[C@H]3C(=O)N([C@@H](CO)C(C)C)C4C2=O)cc1. The molecule has 2 saturated heterocycles. The van der Waals surface area contributed by atoms with E-state index in [4.69, 9.17) is 9.47 Å². The van der Waals surface area contributed by atoms with E-state index in [0.29, 0.717) is 18.0 Å². The predicted molar refractivity (Wildman–Crippen MR) is 153 cm³/mol. The fraction of sp³-hybridized carbons (Fsp3) is 0.406. The number of para-hydroxylation sites is 1. The summed E-state index contributed by atoms with van der Waals surface area (Å²) >= 11 is 0. The molecule has 2 fully saturated rings. The van der Waals surface area contributed by atoms with Crippen LogP contribution in [0.25, 0.3) is 0 Å². The van der Waals surface area contributed by atoms with Crippen LogP contribution in [0.4, 0.5) is 11.4 Å². The molecule has 2 aromatic carbocycles. The molecule has 6 rings (SSSR count). The zero-order valence-corrected chi connectivity index (χ0v) is 23.4. The lowest BCUT2D eigenvalue weighted by atomic mass is 9.77. The Morgan fingerprint density at radius 1 is 0.927 bits per heavy atom. The van der Waals surface area contributed by atoms with Crippen molar-refractivity contribution in [2.45, 2.75) is 37.6 Å². The third-order valence-corrected chi connectivity index (χ3v) is 8.86. The highest BCUT2D eigenvalue weighted by atomic mass is 16.5. The van der Waals surface area contributed by atoms with Crippen LogP contribution in [0.3, 0.4) is 0 Å². The van der Waals surface area contributed by atoms with E-state index in [1.54, 1.807) is 41.2 Å². The van der Waals surface area contributed by atoms with E-state index in [0.717, 1.165) is 5.69 Å². The summed E-state index contributed by atoms with van der Waals surface area (Å²) in [6.45, 7) is 4.12. The van der Waals surface area contributed by atoms with Crippen LogP contribution in [-0.4, -0.2) is 78.3 Å². The maximum absolute atomic E-state index is 14.5. The predicted octanol–water partition coefficient (Wildman–Crippen LogP) is 2.80. The van der Waals surface area contributed by atoms with E-state index in [9.17, 15) is 19.5 Å². The van der Waals surface area contributed by atoms with Crippen molar-refractivity contribution in [3.63, 3.8) is 0 Å². The highest BCUT2D eigenvalue weighted by molar-refractivity contribution is 6.07. The van der Waals surface area contributed by atoms with Gasteiger partial charge in [-0.05, 0) is 42.3 Å². The van der Waals surface area contributed by atoms with Crippen LogP contribution in [0, 0.1) is 17.8 Å². The molecule has 3 amide bonds. The summed E-state index contributed by atoms with van der Waals surface area (Å²) in [6.07, 6.45) is 6.74. The number of hydrogen-bond acceptors (Lipinski definition) is 6. The minimum atomic E-state index is -1.37. The zero-order chi connectivity index (χ0) is 28.9. The van der Waals surface area contributed by atoms with Gasteiger partial charge in [-0.2, -0.15) is 0 Å². The van der Waals surface area contributed by atoms with Crippen molar-refractivity contribution in [1.82, 2.24) is 4.90 Å². The quantitative estimate of drug-likeness (QED) is 0.549. The van der Waals surface area contributed by atoms with E-state index in [1.165, 1.54) is 4.90 Å². The lowest BCUT2D eigenvalue weighted by Gasteiger charge is -2.39. The summed E-state index contributed by atoms with van der Waals surface area (Å²) in [6, 6.07) is 14.8. The first kappa shape index (κ1) is 27.2. The molecule has 6 atom stereocenters. The molecule has 0 bridgehead atoms. The number of benzene rings is 2. The highest BCUT2D eigenvalue weighted by Gasteiger charge is 2.72. The smallest absolute Gasteiger partial charge is 0.253 e. The normalized spacial score (nSPS) is 29.8. The molecular formula is C32H35N3O6. The lowest BCUT2D eigenvalue weighted by Crippen LogP contribution is -2.59. The molecule has 41 heavy (non-hydrogen) atoms. The number of aliphatic hydroxyl groups is 1. The van der Waals surface area contributed by atoms with Crippen molar-refractivity contribution in [3.05, 3.63) is 78.9 Å². The van der Waals surface area contributed by atoms with Crippen molar-refractivity contribution in [2.24, 2.45) is 17.8 Å². The first-order chi connectivity index (χ1) is 19.8. The number of likely N-dealkylation sites (tertiary alicyclic amines) is 1. The zero-order valence-electron chi connectivity index (χ0n) is 23.4. The van der Waals surface area contributed by atoms with E-state index in [2.05, 4.69) is 0 Å². The van der Waals surface area contributed by atoms with Gasteiger partial charge in [0.25, 0.3) is 5.91 Å². The van der Waals surface area contributed by atoms with Crippen molar-refractivity contribution in [3.8, 4) is 5.75 Å². The number of anilines is 2. The summed E-state index contributed by atoms with van der Waals surface area (Å²) in [5.74, 6) is -2.12. The second kappa shape index (κ2) is 10.5. The number of carbonyl (C=O) groups excluding carboxylic acids is 3. The topological polar surface area (TPSA) is 99.6 Å². The highest BCUT2D eigenvalue weighted by Crippen LogP contribution is 2.54. The maximum Gasteiger partial charge on any atom is 0.253 e. The average Bonchev–Trinajstić information content (AvgIpc) is 3.29. The fourth-order valence-corrected chi connectivity index (χ4v) is 6.89. The summed E-state index contributed by atoms with van der Waals surface area (Å²) in [5.41, 5.74) is 0.0141. The maximum atomic E-state index is 14.5. The molecule has 0 radical (unpaired) electrons. The molecule has 0 aliphatic carbocycles. The monoisotopic (exact) mass is 557 g/mol. The van der Waals surface area contributed by atoms with Crippen LogP contribution in [0.1, 0.15) is 13.8 Å². The number of amides is 3. The number of methoxy groups -OCH3 is 1. The van der Waals surface area contributed by atoms with Crippen molar-refractivity contribution < 1.29 is 29.0 Å². The molecule has 214 valence electrons. The summed E-state index contributed by atoms with van der Waals surface area (Å²) in [7, 11) is 1.58. The van der Waals surface area contributed by atoms with Gasteiger partial charge >= 0.3 is 0 Å². The van der Waals surface area contributed by atoms with Gasteiger partial charge in [0.1, 0.15) is 17.4 Å². The fourth-order valence-electron chi connectivity index (χ4n) is 6.89. The van der Waals surface area contributed by atoms with Gasteiger partial charge in [-0.25, -0.2) is 0 Å². The van der Waals surface area contributed by atoms with Crippen LogP contribution in [0.5, 0.6) is 5.75 Å². The molecule has 1 spiro atoms. The lowest BCUT2D eigenvalue weighted by molar-refractivity contribution is -0.145. The van der Waals surface area contributed by atoms with Crippen molar-refractivity contribution >= 4 is 29.1 Å². The molecule has 0 aromatic heterocycles. The molecule has 0 saturated carbocycles. The van der Waals surface area contributed by atoms with Gasteiger partial charge in [-0.15, -0.1) is 0 Å². The average molecular weight is 558 g/mol. The van der Waals surface area contributed by atoms with Gasteiger partial charge < -0.3 is 29.3 Å². The number of hydrogen-bond donors (Lipinski definition) is 1. The third-order valence-electron chi connectivity index (χ3n) is 8.86. The Morgan fingerprint density at radius 3 is 2.24 bits per heavy atom. The molecule has 1 unspecified atom stereocenters. The van der Waals surface area contributed by atoms with Crippen molar-refractivity contribution in [1.29, 1.82) is 0 Å². The van der Waals surface area contributed by atoms with Gasteiger partial charge in [0.15, 0.2) is 0 Å². The summed E-state index contributed by atoms with van der Waals surface area (Å²) < 4.78 is 12.0. The number of carbonyl (C=O) groups is 3. The van der Waals surface area contributed by atoms with Crippen LogP contribution in [0.2, 0.25) is 0 Å². The van der Waals surface area contributed by atoms with E-state index >= 15 is 0 Å². The van der Waals surface area contributed by atoms with Crippen LogP contribution >= 0.6 is 0 Å². The van der Waals surface area contributed by atoms with E-state index < -0.39 is 35.6 Å². The molecule has 4 heterocycles. The Labute approximate surface area is 239 Å². The Bertz CT molecular complexity index is 1390. The van der Waals surface area contributed by atoms with Crippen LogP contribution < -0.4 is 14.5 Å². The molecular weight excluding hydrogens is 522 g/mol. The molecule has 9 nitrogen and oxygen atoms in total. The van der Waals surface area contributed by atoms with Crippen LogP contribution in [-0.2, 0) is 19.1 Å². The molecule has 2 aromatic rings. The van der Waals surface area contributed by atoms with Gasteiger partial charge in [0, 0.05) is 24.5 Å². The van der Waals surface area contributed by atoms with E-state index in [1.807, 2.05) is 68.5 Å². The second-order valence-corrected chi connectivity index (χ2v) is 11.3.